The van der Waals surface area contributed by atoms with E-state index in [-0.39, 0.29) is 0 Å². The van der Waals surface area contributed by atoms with Crippen LogP contribution in [0.4, 0.5) is 0 Å². The van der Waals surface area contributed by atoms with Crippen molar-refractivity contribution in [1.29, 1.82) is 0 Å². The minimum Gasteiger partial charge on any atom is -0.307 e. The fourth-order valence-corrected chi connectivity index (χ4v) is 2.58. The lowest BCUT2D eigenvalue weighted by Gasteiger charge is -2.15. The molecule has 3 atom stereocenters. The van der Waals surface area contributed by atoms with Gasteiger partial charge < -0.3 is 5.32 Å². The van der Waals surface area contributed by atoms with Crippen molar-refractivity contribution in [2.45, 2.75) is 52.6 Å². The zero-order chi connectivity index (χ0) is 11.7. The second kappa shape index (κ2) is 4.58. The van der Waals surface area contributed by atoms with E-state index in [1.807, 2.05) is 0 Å². The second-order valence-electron chi connectivity index (χ2n) is 5.32. The smallest absolute Gasteiger partial charge is 0.0294 e. The Balaban J connectivity index is 2.00. The predicted molar refractivity (Wildman–Crippen MR) is 69.7 cm³/mol. The SMILES string of the molecule is CCC1CC1NC(C)c1cc(C)cc(C)c1. The Kier molecular flexibility index (Phi) is 3.34. The lowest BCUT2D eigenvalue weighted by Crippen LogP contribution is -2.22. The van der Waals surface area contributed by atoms with Gasteiger partial charge in [0.05, 0.1) is 0 Å². The molecule has 0 aromatic heterocycles. The normalized spacial score (nSPS) is 25.5. The van der Waals surface area contributed by atoms with Gasteiger partial charge in [-0.2, -0.15) is 0 Å². The van der Waals surface area contributed by atoms with Gasteiger partial charge in [-0.3, -0.25) is 0 Å². The van der Waals surface area contributed by atoms with Crippen LogP contribution in [0.1, 0.15) is 49.4 Å². The number of rotatable bonds is 4. The van der Waals surface area contributed by atoms with Gasteiger partial charge in [0.1, 0.15) is 0 Å². The highest BCUT2D eigenvalue weighted by atomic mass is 15.0. The largest absolute Gasteiger partial charge is 0.307 e. The van der Waals surface area contributed by atoms with E-state index >= 15 is 0 Å². The molecule has 0 aliphatic heterocycles. The van der Waals surface area contributed by atoms with Crippen LogP contribution in [0.5, 0.6) is 0 Å². The summed E-state index contributed by atoms with van der Waals surface area (Å²) in [5, 5.41) is 3.73. The van der Waals surface area contributed by atoms with Crippen molar-refractivity contribution < 1.29 is 0 Å². The molecule has 88 valence electrons. The molecule has 1 fully saturated rings. The summed E-state index contributed by atoms with van der Waals surface area (Å²) in [7, 11) is 0. The first-order valence-corrected chi connectivity index (χ1v) is 6.44. The van der Waals surface area contributed by atoms with Gasteiger partial charge in [-0.15, -0.1) is 0 Å². The molecule has 1 aliphatic rings. The van der Waals surface area contributed by atoms with E-state index in [4.69, 9.17) is 0 Å². The van der Waals surface area contributed by atoms with Gasteiger partial charge in [-0.05, 0) is 38.7 Å². The van der Waals surface area contributed by atoms with Gasteiger partial charge in [-0.1, -0.05) is 42.7 Å². The molecule has 1 N–H and O–H groups in total. The molecule has 1 saturated carbocycles. The van der Waals surface area contributed by atoms with Crippen molar-refractivity contribution in [2.24, 2.45) is 5.92 Å². The number of hydrogen-bond donors (Lipinski definition) is 1. The molecule has 3 unspecified atom stereocenters. The highest BCUT2D eigenvalue weighted by Crippen LogP contribution is 2.35. The molecule has 16 heavy (non-hydrogen) atoms. The van der Waals surface area contributed by atoms with Crippen molar-refractivity contribution in [1.82, 2.24) is 5.32 Å². The van der Waals surface area contributed by atoms with E-state index in [9.17, 15) is 0 Å². The van der Waals surface area contributed by atoms with Crippen LogP contribution in [-0.2, 0) is 0 Å². The quantitative estimate of drug-likeness (QED) is 0.810. The van der Waals surface area contributed by atoms with E-state index in [2.05, 4.69) is 51.2 Å². The molecule has 1 nitrogen and oxygen atoms in total. The average Bonchev–Trinajstić information content (AvgIpc) is 2.95. The van der Waals surface area contributed by atoms with Gasteiger partial charge in [0, 0.05) is 12.1 Å². The standard InChI is InChI=1S/C15H23N/c1-5-13-9-15(13)16-12(4)14-7-10(2)6-11(3)8-14/h6-8,12-13,15-16H,5,9H2,1-4H3. The highest BCUT2D eigenvalue weighted by Gasteiger charge is 2.35. The Labute approximate surface area is 99.3 Å². The third-order valence-corrected chi connectivity index (χ3v) is 3.66. The molecule has 0 spiro atoms. The summed E-state index contributed by atoms with van der Waals surface area (Å²) in [6, 6.07) is 8.09. The van der Waals surface area contributed by atoms with Crippen LogP contribution in [0.2, 0.25) is 0 Å². The van der Waals surface area contributed by atoms with E-state index in [0.29, 0.717) is 6.04 Å². The highest BCUT2D eigenvalue weighted by molar-refractivity contribution is 5.30. The van der Waals surface area contributed by atoms with Crippen molar-refractivity contribution in [3.05, 3.63) is 34.9 Å². The van der Waals surface area contributed by atoms with Crippen molar-refractivity contribution in [2.75, 3.05) is 0 Å². The van der Waals surface area contributed by atoms with Crippen LogP contribution in [0.15, 0.2) is 18.2 Å². The summed E-state index contributed by atoms with van der Waals surface area (Å²) in [5.41, 5.74) is 4.16. The monoisotopic (exact) mass is 217 g/mol. The van der Waals surface area contributed by atoms with Crippen LogP contribution < -0.4 is 5.32 Å². The van der Waals surface area contributed by atoms with Gasteiger partial charge >= 0.3 is 0 Å². The molecule has 0 amide bonds. The number of aryl methyl sites for hydroxylation is 2. The van der Waals surface area contributed by atoms with E-state index in [0.717, 1.165) is 12.0 Å². The van der Waals surface area contributed by atoms with Crippen LogP contribution >= 0.6 is 0 Å². The van der Waals surface area contributed by atoms with Gasteiger partial charge in [0.15, 0.2) is 0 Å². The topological polar surface area (TPSA) is 12.0 Å². The second-order valence-corrected chi connectivity index (χ2v) is 5.32. The van der Waals surface area contributed by atoms with Crippen LogP contribution in [0.25, 0.3) is 0 Å². The first-order chi connectivity index (χ1) is 7.60. The first-order valence-electron chi connectivity index (χ1n) is 6.44. The molecule has 1 aliphatic carbocycles. The molecule has 0 bridgehead atoms. The van der Waals surface area contributed by atoms with Gasteiger partial charge in [-0.25, -0.2) is 0 Å². The minimum atomic E-state index is 0.486. The number of hydrogen-bond acceptors (Lipinski definition) is 1. The van der Waals surface area contributed by atoms with Gasteiger partial charge in [0.25, 0.3) is 0 Å². The zero-order valence-electron chi connectivity index (χ0n) is 10.9. The van der Waals surface area contributed by atoms with E-state index in [1.165, 1.54) is 29.5 Å². The Bertz CT molecular complexity index is 349. The van der Waals surface area contributed by atoms with Gasteiger partial charge in [0.2, 0.25) is 0 Å². The Morgan fingerprint density at radius 3 is 2.38 bits per heavy atom. The van der Waals surface area contributed by atoms with Crippen molar-refractivity contribution in [3.8, 4) is 0 Å². The summed E-state index contributed by atoms with van der Waals surface area (Å²) in [4.78, 5) is 0. The molecular formula is C15H23N. The predicted octanol–water partition coefficient (Wildman–Crippen LogP) is 3.75. The molecule has 2 rings (SSSR count). The third kappa shape index (κ3) is 2.65. The number of nitrogens with one attached hydrogen (secondary N) is 1. The Morgan fingerprint density at radius 1 is 1.25 bits per heavy atom. The van der Waals surface area contributed by atoms with Crippen LogP contribution in [0, 0.1) is 19.8 Å². The maximum Gasteiger partial charge on any atom is 0.0294 e. The Morgan fingerprint density at radius 2 is 1.88 bits per heavy atom. The summed E-state index contributed by atoms with van der Waals surface area (Å²) in [6.45, 7) is 8.91. The molecule has 1 heteroatoms. The summed E-state index contributed by atoms with van der Waals surface area (Å²) in [5.74, 6) is 0.924. The fourth-order valence-electron chi connectivity index (χ4n) is 2.58. The summed E-state index contributed by atoms with van der Waals surface area (Å²) >= 11 is 0. The van der Waals surface area contributed by atoms with Crippen LogP contribution in [-0.4, -0.2) is 6.04 Å². The summed E-state index contributed by atoms with van der Waals surface area (Å²) in [6.07, 6.45) is 2.68. The summed E-state index contributed by atoms with van der Waals surface area (Å²) < 4.78 is 0. The zero-order valence-corrected chi connectivity index (χ0v) is 10.9. The molecule has 1 aromatic carbocycles. The molecule has 0 saturated heterocycles. The van der Waals surface area contributed by atoms with Crippen molar-refractivity contribution in [3.63, 3.8) is 0 Å². The van der Waals surface area contributed by atoms with Crippen LogP contribution in [0.3, 0.4) is 0 Å². The third-order valence-electron chi connectivity index (χ3n) is 3.66. The molecule has 0 heterocycles. The Hall–Kier alpha value is -0.820. The van der Waals surface area contributed by atoms with E-state index < -0.39 is 0 Å². The lowest BCUT2D eigenvalue weighted by molar-refractivity contribution is 0.539. The molecule has 0 radical (unpaired) electrons. The maximum atomic E-state index is 3.73. The van der Waals surface area contributed by atoms with E-state index in [1.54, 1.807) is 0 Å². The average molecular weight is 217 g/mol. The van der Waals surface area contributed by atoms with Crippen molar-refractivity contribution >= 4 is 0 Å². The molecular weight excluding hydrogens is 194 g/mol. The lowest BCUT2D eigenvalue weighted by atomic mass is 10.0. The minimum absolute atomic E-state index is 0.486. The molecule has 1 aromatic rings. The first kappa shape index (κ1) is 11.7. The maximum absolute atomic E-state index is 3.73. The number of benzene rings is 1. The fraction of sp³-hybridized carbons (Fsp3) is 0.600.